The van der Waals surface area contributed by atoms with Gasteiger partial charge in [0.1, 0.15) is 0 Å². The van der Waals surface area contributed by atoms with Crippen molar-refractivity contribution in [2.45, 2.75) is 0 Å². The van der Waals surface area contributed by atoms with Crippen LogP contribution < -0.4 is 4.90 Å². The topological polar surface area (TPSA) is 3.24 Å². The Morgan fingerprint density at radius 3 is 2.25 bits per heavy atom. The fourth-order valence-corrected chi connectivity index (χ4v) is 12.5. The second kappa shape index (κ2) is 4.41. The van der Waals surface area contributed by atoms with E-state index in [9.17, 15) is 0 Å². The van der Waals surface area contributed by atoms with Crippen LogP contribution in [0.4, 0.5) is 5.69 Å². The summed E-state index contributed by atoms with van der Waals surface area (Å²) in [4.78, 5) is 2.51. The fourth-order valence-electron chi connectivity index (χ4n) is 1.04. The Hall–Kier alpha value is 0.889. The minimum atomic E-state index is 0.435. The van der Waals surface area contributed by atoms with E-state index in [2.05, 4.69) is 17.0 Å². The van der Waals surface area contributed by atoms with Gasteiger partial charge in [0.25, 0.3) is 0 Å². The van der Waals surface area contributed by atoms with Crippen LogP contribution in [0.5, 0.6) is 0 Å². The van der Waals surface area contributed by atoms with E-state index < -0.39 is 0 Å². The van der Waals surface area contributed by atoms with Gasteiger partial charge < -0.3 is 0 Å². The molecule has 64 valence electrons. The molecule has 0 unspecified atom stereocenters. The molecule has 0 saturated carbocycles. The zero-order valence-corrected chi connectivity index (χ0v) is 11.8. The molecule has 1 aliphatic rings. The van der Waals surface area contributed by atoms with Crippen molar-refractivity contribution in [1.29, 1.82) is 0 Å². The molecule has 0 N–H and O–H groups in total. The summed E-state index contributed by atoms with van der Waals surface area (Å²) in [6, 6.07) is 8.23. The van der Waals surface area contributed by atoms with Crippen LogP contribution in [0.2, 0.25) is 5.02 Å². The second-order valence-electron chi connectivity index (χ2n) is 2.51. The van der Waals surface area contributed by atoms with E-state index in [0.717, 1.165) is 5.02 Å². The average Bonchev–Trinajstić information content (AvgIpc) is 2.58. The second-order valence-corrected chi connectivity index (χ2v) is 14.8. The number of halogens is 1. The van der Waals surface area contributed by atoms with Crippen molar-refractivity contribution in [3.63, 3.8) is 0 Å². The molecule has 0 aromatic heterocycles. The quantitative estimate of drug-likeness (QED) is 0.635. The van der Waals surface area contributed by atoms with Crippen molar-refractivity contribution in [2.75, 3.05) is 14.1 Å². The van der Waals surface area contributed by atoms with Gasteiger partial charge in [0.2, 0.25) is 0 Å². The van der Waals surface area contributed by atoms with Gasteiger partial charge in [-0.25, -0.2) is 0 Å². The molecule has 1 heterocycles. The van der Waals surface area contributed by atoms with Crippen LogP contribution >= 0.6 is 11.6 Å². The van der Waals surface area contributed by atoms with Gasteiger partial charge in [0.05, 0.1) is 0 Å². The summed E-state index contributed by atoms with van der Waals surface area (Å²) >= 11 is 6.69. The molecule has 1 fully saturated rings. The third-order valence-corrected chi connectivity index (χ3v) is 12.0. The van der Waals surface area contributed by atoms with Crippen LogP contribution in [0, 0.1) is 0 Å². The number of rotatable bonds is 1. The summed E-state index contributed by atoms with van der Waals surface area (Å²) in [5, 5.41) is 0.839. The predicted molar refractivity (Wildman–Crippen MR) is 55.2 cm³/mol. The molecular formula is C8H8ClNTe2. The monoisotopic (exact) mass is 413 g/mol. The van der Waals surface area contributed by atoms with E-state index in [0.29, 0.717) is 34.1 Å². The van der Waals surface area contributed by atoms with Gasteiger partial charge in [-0.3, -0.25) is 0 Å². The van der Waals surface area contributed by atoms with Crippen LogP contribution in [-0.2, 0) is 0 Å². The number of anilines is 1. The molecule has 4 heteroatoms. The first-order chi connectivity index (χ1) is 5.86. The molecule has 1 aromatic rings. The van der Waals surface area contributed by atoms with E-state index in [4.69, 9.17) is 11.6 Å². The van der Waals surface area contributed by atoms with Crippen LogP contribution in [0.1, 0.15) is 0 Å². The number of benzene rings is 1. The summed E-state index contributed by atoms with van der Waals surface area (Å²) in [6.07, 6.45) is 0. The van der Waals surface area contributed by atoms with Crippen LogP contribution in [0.3, 0.4) is 0 Å². The Morgan fingerprint density at radius 2 is 1.67 bits per heavy atom. The Labute approximate surface area is 93.8 Å². The molecule has 0 bridgehead atoms. The van der Waals surface area contributed by atoms with Crippen LogP contribution in [0.15, 0.2) is 24.3 Å². The summed E-state index contributed by atoms with van der Waals surface area (Å²) in [5.41, 5.74) is 1.37. The van der Waals surface area contributed by atoms with E-state index in [1.165, 1.54) is 14.9 Å². The maximum atomic E-state index is 5.82. The van der Waals surface area contributed by atoms with Gasteiger partial charge in [-0.05, 0) is 0 Å². The molecular weight excluding hydrogens is 401 g/mol. The van der Waals surface area contributed by atoms with Gasteiger partial charge >= 0.3 is 94.8 Å². The molecule has 2 rings (SSSR count). The molecule has 0 aliphatic carbocycles. The summed E-state index contributed by atoms with van der Waals surface area (Å²) in [6.45, 7) is 0. The third kappa shape index (κ3) is 2.22. The SMILES string of the molecule is Clc1ccc(N2C[Te][Te]C2)cc1. The summed E-state index contributed by atoms with van der Waals surface area (Å²) in [5.74, 6) is 0. The number of nitrogens with zero attached hydrogens (tertiary/aromatic N) is 1. The van der Waals surface area contributed by atoms with E-state index in [-0.39, 0.29) is 0 Å². The normalized spacial score (nSPS) is 16.9. The van der Waals surface area contributed by atoms with Crippen molar-refractivity contribution < 1.29 is 0 Å². The van der Waals surface area contributed by atoms with E-state index >= 15 is 0 Å². The molecule has 12 heavy (non-hydrogen) atoms. The predicted octanol–water partition coefficient (Wildman–Crippen LogP) is 1.40. The van der Waals surface area contributed by atoms with Crippen LogP contribution in [-0.4, -0.2) is 43.3 Å². The molecule has 1 aliphatic heterocycles. The number of hydrogen-bond donors (Lipinski definition) is 0. The van der Waals surface area contributed by atoms with Gasteiger partial charge in [-0.1, -0.05) is 0 Å². The fraction of sp³-hybridized carbons (Fsp3) is 0.250. The third-order valence-electron chi connectivity index (χ3n) is 1.69. The van der Waals surface area contributed by atoms with Crippen molar-refractivity contribution >= 4 is 51.4 Å². The van der Waals surface area contributed by atoms with Crippen molar-refractivity contribution in [1.82, 2.24) is 0 Å². The van der Waals surface area contributed by atoms with Crippen LogP contribution in [0.25, 0.3) is 0 Å². The average molecular weight is 409 g/mol. The molecule has 0 atom stereocenters. The minimum absolute atomic E-state index is 0.435. The zero-order chi connectivity index (χ0) is 8.39. The van der Waals surface area contributed by atoms with Gasteiger partial charge in [0, 0.05) is 0 Å². The summed E-state index contributed by atoms with van der Waals surface area (Å²) in [7, 11) is 0. The first-order valence-corrected chi connectivity index (χ1v) is 14.6. The molecule has 0 spiro atoms. The molecule has 0 amide bonds. The first kappa shape index (κ1) is 9.44. The Kier molecular flexibility index (Phi) is 3.47. The molecule has 1 saturated heterocycles. The first-order valence-electron chi connectivity index (χ1n) is 3.61. The number of hydrogen-bond acceptors (Lipinski definition) is 1. The van der Waals surface area contributed by atoms with Gasteiger partial charge in [0.15, 0.2) is 0 Å². The Balaban J connectivity index is 2.17. The zero-order valence-electron chi connectivity index (χ0n) is 6.37. The molecule has 0 radical (unpaired) electrons. The molecule has 1 nitrogen and oxygen atoms in total. The van der Waals surface area contributed by atoms with Crippen molar-refractivity contribution in [2.24, 2.45) is 0 Å². The van der Waals surface area contributed by atoms with Crippen molar-refractivity contribution in [3.8, 4) is 0 Å². The Bertz CT molecular complexity index is 256. The standard InChI is InChI=1S/C8H8ClNTe2/c9-7-1-3-8(4-2-7)10-5-11-12-6-10/h1-4H,5-6H2. The summed E-state index contributed by atoms with van der Waals surface area (Å²) < 4.78 is 2.77. The maximum absolute atomic E-state index is 5.82. The van der Waals surface area contributed by atoms with E-state index in [1.54, 1.807) is 0 Å². The molecule has 1 aromatic carbocycles. The van der Waals surface area contributed by atoms with Gasteiger partial charge in [-0.2, -0.15) is 0 Å². The Morgan fingerprint density at radius 1 is 1.08 bits per heavy atom. The van der Waals surface area contributed by atoms with E-state index in [1.807, 2.05) is 12.1 Å². The van der Waals surface area contributed by atoms with Gasteiger partial charge in [-0.15, -0.1) is 0 Å². The van der Waals surface area contributed by atoms with Crippen molar-refractivity contribution in [3.05, 3.63) is 29.3 Å².